The Hall–Kier alpha value is -2.75. The minimum Gasteiger partial charge on any atom is -0.456 e. The van der Waals surface area contributed by atoms with Crippen molar-refractivity contribution in [2.24, 2.45) is 0 Å². The zero-order chi connectivity index (χ0) is 21.6. The normalized spacial score (nSPS) is 11.4. The third-order valence-corrected chi connectivity index (χ3v) is 6.73. The van der Waals surface area contributed by atoms with Crippen LogP contribution in [-0.2, 0) is 30.9 Å². The van der Waals surface area contributed by atoms with Gasteiger partial charge in [0.2, 0.25) is 10.0 Å². The van der Waals surface area contributed by atoms with E-state index in [0.29, 0.717) is 6.54 Å². The van der Waals surface area contributed by atoms with Gasteiger partial charge in [-0.05, 0) is 34.4 Å². The summed E-state index contributed by atoms with van der Waals surface area (Å²) in [5, 5.41) is 3.67. The highest BCUT2D eigenvalue weighted by molar-refractivity contribution is 7.89. The number of thiophene rings is 1. The van der Waals surface area contributed by atoms with Crippen molar-refractivity contribution >= 4 is 44.0 Å². The number of fused-ring (bicyclic) bond motifs is 1. The molecule has 0 fully saturated rings. The lowest BCUT2D eigenvalue weighted by Gasteiger charge is -2.16. The second-order valence-electron chi connectivity index (χ2n) is 6.65. The van der Waals surface area contributed by atoms with Crippen molar-refractivity contribution in [3.63, 3.8) is 0 Å². The number of ether oxygens (including phenoxy) is 1. The van der Waals surface area contributed by atoms with Crippen molar-refractivity contribution in [3.05, 3.63) is 64.9 Å². The third-order valence-electron chi connectivity index (χ3n) is 4.41. The standard InChI is InChI=1S/C21H22N2O5S2/c1-23(14-18-7-4-12-29-18)20(24)15-28-21(25)10-11-22-30(26,27)19-9-8-16-5-2-3-6-17(16)13-19/h2-9,12-13,22H,10-11,14-15H2,1H3. The molecule has 30 heavy (non-hydrogen) atoms. The van der Waals surface area contributed by atoms with Crippen LogP contribution in [0.1, 0.15) is 11.3 Å². The summed E-state index contributed by atoms with van der Waals surface area (Å²) < 4.78 is 32.2. The van der Waals surface area contributed by atoms with Crippen LogP contribution in [-0.4, -0.2) is 45.4 Å². The van der Waals surface area contributed by atoms with Gasteiger partial charge >= 0.3 is 5.97 Å². The highest BCUT2D eigenvalue weighted by Gasteiger charge is 2.16. The predicted molar refractivity (Wildman–Crippen MR) is 116 cm³/mol. The number of nitrogens with one attached hydrogen (secondary N) is 1. The molecule has 158 valence electrons. The van der Waals surface area contributed by atoms with E-state index in [4.69, 9.17) is 4.74 Å². The molecule has 1 aromatic heterocycles. The number of carbonyl (C=O) groups excluding carboxylic acids is 2. The van der Waals surface area contributed by atoms with Crippen molar-refractivity contribution in [2.45, 2.75) is 17.9 Å². The summed E-state index contributed by atoms with van der Waals surface area (Å²) >= 11 is 1.54. The quantitative estimate of drug-likeness (QED) is 0.510. The summed E-state index contributed by atoms with van der Waals surface area (Å²) in [6.07, 6.45) is -0.172. The monoisotopic (exact) mass is 446 g/mol. The van der Waals surface area contributed by atoms with Gasteiger partial charge in [0, 0.05) is 18.5 Å². The van der Waals surface area contributed by atoms with Crippen LogP contribution in [0.2, 0.25) is 0 Å². The molecule has 0 aliphatic carbocycles. The molecule has 9 heteroatoms. The molecule has 0 spiro atoms. The minimum atomic E-state index is -3.75. The van der Waals surface area contributed by atoms with Gasteiger partial charge in [-0.25, -0.2) is 13.1 Å². The Morgan fingerprint density at radius 3 is 2.57 bits per heavy atom. The Morgan fingerprint density at radius 2 is 1.83 bits per heavy atom. The fourth-order valence-electron chi connectivity index (χ4n) is 2.75. The lowest BCUT2D eigenvalue weighted by atomic mass is 10.1. The van der Waals surface area contributed by atoms with Crippen LogP contribution in [0.25, 0.3) is 10.8 Å². The Kier molecular flexibility index (Phi) is 7.20. The number of esters is 1. The maximum atomic E-state index is 12.4. The molecular formula is C21H22N2O5S2. The van der Waals surface area contributed by atoms with E-state index in [1.54, 1.807) is 19.2 Å². The van der Waals surface area contributed by atoms with Crippen LogP contribution in [0, 0.1) is 0 Å². The van der Waals surface area contributed by atoms with Crippen molar-refractivity contribution in [1.29, 1.82) is 0 Å². The van der Waals surface area contributed by atoms with Gasteiger partial charge in [-0.1, -0.05) is 36.4 Å². The molecule has 0 aliphatic heterocycles. The van der Waals surface area contributed by atoms with Crippen molar-refractivity contribution < 1.29 is 22.7 Å². The summed E-state index contributed by atoms with van der Waals surface area (Å²) in [7, 11) is -2.12. The van der Waals surface area contributed by atoms with Gasteiger partial charge < -0.3 is 9.64 Å². The first kappa shape index (κ1) is 21.9. The minimum absolute atomic E-state index is 0.118. The van der Waals surface area contributed by atoms with E-state index in [9.17, 15) is 18.0 Å². The van der Waals surface area contributed by atoms with Gasteiger partial charge in [0.05, 0.1) is 17.9 Å². The average Bonchev–Trinajstić information content (AvgIpc) is 3.24. The first-order valence-corrected chi connectivity index (χ1v) is 11.6. The fourth-order valence-corrected chi connectivity index (χ4v) is 4.58. The van der Waals surface area contributed by atoms with Crippen LogP contribution in [0.15, 0.2) is 64.9 Å². The molecule has 1 heterocycles. The van der Waals surface area contributed by atoms with Gasteiger partial charge in [0.1, 0.15) is 0 Å². The molecule has 3 aromatic rings. The zero-order valence-corrected chi connectivity index (χ0v) is 18.0. The number of likely N-dealkylation sites (N-methyl/N-ethyl adjacent to an activating group) is 1. The summed E-state index contributed by atoms with van der Waals surface area (Å²) in [6, 6.07) is 16.1. The number of nitrogens with zero attached hydrogens (tertiary/aromatic N) is 1. The molecule has 1 N–H and O–H groups in total. The highest BCUT2D eigenvalue weighted by atomic mass is 32.2. The Labute approximate surface area is 179 Å². The molecule has 7 nitrogen and oxygen atoms in total. The molecule has 0 bridgehead atoms. The van der Waals surface area contributed by atoms with Gasteiger partial charge in [0.25, 0.3) is 5.91 Å². The molecule has 3 rings (SSSR count). The van der Waals surface area contributed by atoms with E-state index in [2.05, 4.69) is 4.72 Å². The van der Waals surface area contributed by atoms with E-state index in [-0.39, 0.29) is 30.4 Å². The molecule has 0 radical (unpaired) electrons. The van der Waals surface area contributed by atoms with Crippen LogP contribution in [0.4, 0.5) is 0 Å². The maximum Gasteiger partial charge on any atom is 0.307 e. The Bertz CT molecular complexity index is 1130. The van der Waals surface area contributed by atoms with Gasteiger partial charge in [-0.15, -0.1) is 11.3 Å². The van der Waals surface area contributed by atoms with Crippen molar-refractivity contribution in [3.8, 4) is 0 Å². The van der Waals surface area contributed by atoms with Crippen LogP contribution >= 0.6 is 11.3 Å². The number of carbonyl (C=O) groups is 2. The van der Waals surface area contributed by atoms with E-state index in [0.717, 1.165) is 15.6 Å². The van der Waals surface area contributed by atoms with Gasteiger partial charge in [0.15, 0.2) is 6.61 Å². The Balaban J connectivity index is 1.44. The second kappa shape index (κ2) is 9.84. The molecule has 0 aliphatic rings. The molecule has 0 saturated heterocycles. The maximum absolute atomic E-state index is 12.4. The second-order valence-corrected chi connectivity index (χ2v) is 9.45. The molecule has 2 aromatic carbocycles. The van der Waals surface area contributed by atoms with Crippen molar-refractivity contribution in [1.82, 2.24) is 9.62 Å². The number of hydrogen-bond donors (Lipinski definition) is 1. The molecule has 0 atom stereocenters. The number of amides is 1. The third kappa shape index (κ3) is 5.88. The molecule has 0 unspecified atom stereocenters. The van der Waals surface area contributed by atoms with E-state index in [1.807, 2.05) is 41.8 Å². The van der Waals surface area contributed by atoms with Gasteiger partial charge in [-0.3, -0.25) is 9.59 Å². The molecule has 1 amide bonds. The first-order chi connectivity index (χ1) is 14.3. The lowest BCUT2D eigenvalue weighted by molar-refractivity contribution is -0.151. The van der Waals surface area contributed by atoms with E-state index >= 15 is 0 Å². The van der Waals surface area contributed by atoms with E-state index in [1.165, 1.54) is 22.3 Å². The average molecular weight is 447 g/mol. The first-order valence-electron chi connectivity index (χ1n) is 9.25. The van der Waals surface area contributed by atoms with Crippen LogP contribution in [0.5, 0.6) is 0 Å². The van der Waals surface area contributed by atoms with Gasteiger partial charge in [-0.2, -0.15) is 0 Å². The number of rotatable bonds is 9. The fraction of sp³-hybridized carbons (Fsp3) is 0.238. The summed E-state index contributed by atoms with van der Waals surface area (Å²) in [6.45, 7) is -0.0506. The summed E-state index contributed by atoms with van der Waals surface area (Å²) in [5.74, 6) is -0.970. The number of benzene rings is 2. The number of sulfonamides is 1. The summed E-state index contributed by atoms with van der Waals surface area (Å²) in [5.41, 5.74) is 0. The topological polar surface area (TPSA) is 92.8 Å². The van der Waals surface area contributed by atoms with Crippen LogP contribution in [0.3, 0.4) is 0 Å². The zero-order valence-electron chi connectivity index (χ0n) is 16.4. The lowest BCUT2D eigenvalue weighted by Crippen LogP contribution is -2.31. The highest BCUT2D eigenvalue weighted by Crippen LogP contribution is 2.18. The van der Waals surface area contributed by atoms with Crippen LogP contribution < -0.4 is 4.72 Å². The predicted octanol–water partition coefficient (Wildman–Crippen LogP) is 2.77. The largest absolute Gasteiger partial charge is 0.456 e. The SMILES string of the molecule is CN(Cc1cccs1)C(=O)COC(=O)CCNS(=O)(=O)c1ccc2ccccc2c1. The smallest absolute Gasteiger partial charge is 0.307 e. The van der Waals surface area contributed by atoms with Crippen molar-refractivity contribution in [2.75, 3.05) is 20.2 Å². The molecular weight excluding hydrogens is 424 g/mol. The molecule has 0 saturated carbocycles. The Morgan fingerprint density at radius 1 is 1.07 bits per heavy atom. The number of hydrogen-bond acceptors (Lipinski definition) is 6. The van der Waals surface area contributed by atoms with E-state index < -0.39 is 16.0 Å². The summed E-state index contributed by atoms with van der Waals surface area (Å²) in [4.78, 5) is 26.5.